The Labute approximate surface area is 102 Å². The molecule has 1 aromatic carbocycles. The fraction of sp³-hybridized carbons (Fsp3) is 0. The van der Waals surface area contributed by atoms with E-state index in [0.717, 1.165) is 15.8 Å². The molecule has 0 spiro atoms. The molecule has 0 aliphatic heterocycles. The SMILES string of the molecule is Brc1cccc2ccn(-c3ccccn3)c12. The Bertz CT molecular complexity index is 629. The maximum atomic E-state index is 4.35. The Balaban J connectivity index is 2.33. The van der Waals surface area contributed by atoms with Gasteiger partial charge in [0.25, 0.3) is 0 Å². The largest absolute Gasteiger partial charge is 0.300 e. The summed E-state index contributed by atoms with van der Waals surface area (Å²) in [7, 11) is 0. The molecule has 3 heteroatoms. The van der Waals surface area contributed by atoms with E-state index in [1.165, 1.54) is 5.39 Å². The van der Waals surface area contributed by atoms with E-state index in [1.54, 1.807) is 6.20 Å². The minimum Gasteiger partial charge on any atom is -0.300 e. The summed E-state index contributed by atoms with van der Waals surface area (Å²) < 4.78 is 3.17. The Morgan fingerprint density at radius 2 is 1.94 bits per heavy atom. The average Bonchev–Trinajstić information content (AvgIpc) is 2.75. The molecule has 0 saturated carbocycles. The van der Waals surface area contributed by atoms with Gasteiger partial charge >= 0.3 is 0 Å². The van der Waals surface area contributed by atoms with Gasteiger partial charge in [-0.2, -0.15) is 0 Å². The number of fused-ring (bicyclic) bond motifs is 1. The Hall–Kier alpha value is -1.61. The first-order valence-corrected chi connectivity index (χ1v) is 5.82. The highest BCUT2D eigenvalue weighted by Gasteiger charge is 2.06. The van der Waals surface area contributed by atoms with Gasteiger partial charge in [-0.1, -0.05) is 18.2 Å². The van der Waals surface area contributed by atoms with Crippen LogP contribution in [0, 0.1) is 0 Å². The second-order valence-electron chi connectivity index (χ2n) is 3.55. The summed E-state index contributed by atoms with van der Waals surface area (Å²) in [4.78, 5) is 4.35. The predicted octanol–water partition coefficient (Wildman–Crippen LogP) is 3.79. The molecule has 16 heavy (non-hydrogen) atoms. The van der Waals surface area contributed by atoms with Gasteiger partial charge in [0.05, 0.1) is 5.52 Å². The fourth-order valence-electron chi connectivity index (χ4n) is 1.84. The summed E-state index contributed by atoms with van der Waals surface area (Å²) in [6.45, 7) is 0. The summed E-state index contributed by atoms with van der Waals surface area (Å²) in [5.74, 6) is 0.935. The van der Waals surface area contributed by atoms with Gasteiger partial charge in [0.1, 0.15) is 5.82 Å². The second kappa shape index (κ2) is 3.76. The first-order valence-electron chi connectivity index (χ1n) is 5.03. The highest BCUT2D eigenvalue weighted by Crippen LogP contribution is 2.26. The quantitative estimate of drug-likeness (QED) is 0.659. The normalized spacial score (nSPS) is 10.8. The van der Waals surface area contributed by atoms with Gasteiger partial charge in [0.2, 0.25) is 0 Å². The first-order chi connectivity index (χ1) is 7.86. The molecule has 3 aromatic rings. The number of rotatable bonds is 1. The molecule has 0 amide bonds. The van der Waals surface area contributed by atoms with E-state index in [2.05, 4.69) is 37.6 Å². The molecule has 78 valence electrons. The van der Waals surface area contributed by atoms with E-state index >= 15 is 0 Å². The molecule has 2 aromatic heterocycles. The van der Waals surface area contributed by atoms with E-state index in [9.17, 15) is 0 Å². The van der Waals surface area contributed by atoms with Gasteiger partial charge in [-0.25, -0.2) is 4.98 Å². The van der Waals surface area contributed by atoms with E-state index < -0.39 is 0 Å². The Morgan fingerprint density at radius 1 is 1.00 bits per heavy atom. The number of nitrogens with zero attached hydrogens (tertiary/aromatic N) is 2. The minimum absolute atomic E-state index is 0.935. The number of benzene rings is 1. The van der Waals surface area contributed by atoms with Crippen LogP contribution in [0.2, 0.25) is 0 Å². The monoisotopic (exact) mass is 272 g/mol. The highest BCUT2D eigenvalue weighted by atomic mass is 79.9. The van der Waals surface area contributed by atoms with Crippen LogP contribution in [-0.4, -0.2) is 9.55 Å². The van der Waals surface area contributed by atoms with Crippen molar-refractivity contribution < 1.29 is 0 Å². The lowest BCUT2D eigenvalue weighted by Crippen LogP contribution is -1.94. The maximum absolute atomic E-state index is 4.35. The van der Waals surface area contributed by atoms with E-state index in [0.29, 0.717) is 0 Å². The summed E-state index contributed by atoms with van der Waals surface area (Å²) in [6, 6.07) is 14.2. The van der Waals surface area contributed by atoms with Gasteiger partial charge in [-0.3, -0.25) is 0 Å². The number of halogens is 1. The third-order valence-corrected chi connectivity index (χ3v) is 3.20. The van der Waals surface area contributed by atoms with Crippen molar-refractivity contribution in [2.45, 2.75) is 0 Å². The molecule has 0 unspecified atom stereocenters. The number of hydrogen-bond acceptors (Lipinski definition) is 1. The van der Waals surface area contributed by atoms with Crippen molar-refractivity contribution in [3.63, 3.8) is 0 Å². The standard InChI is InChI=1S/C13H9BrN2/c14-11-5-3-4-10-7-9-16(13(10)11)12-6-1-2-8-15-12/h1-9H. The third-order valence-electron chi connectivity index (χ3n) is 2.56. The topological polar surface area (TPSA) is 17.8 Å². The van der Waals surface area contributed by atoms with Crippen LogP contribution in [0.15, 0.2) is 59.3 Å². The Morgan fingerprint density at radius 3 is 2.75 bits per heavy atom. The van der Waals surface area contributed by atoms with Gasteiger partial charge in [0.15, 0.2) is 0 Å². The summed E-state index contributed by atoms with van der Waals surface area (Å²) in [5, 5.41) is 1.21. The van der Waals surface area contributed by atoms with Crippen LogP contribution in [-0.2, 0) is 0 Å². The highest BCUT2D eigenvalue weighted by molar-refractivity contribution is 9.10. The van der Waals surface area contributed by atoms with Crippen molar-refractivity contribution in [1.82, 2.24) is 9.55 Å². The molecule has 0 bridgehead atoms. The van der Waals surface area contributed by atoms with Crippen LogP contribution in [0.1, 0.15) is 0 Å². The predicted molar refractivity (Wildman–Crippen MR) is 68.8 cm³/mol. The zero-order valence-corrected chi connectivity index (χ0v) is 10.1. The molecule has 0 fully saturated rings. The molecule has 3 rings (SSSR count). The number of para-hydroxylation sites is 1. The van der Waals surface area contributed by atoms with Crippen LogP contribution in [0.5, 0.6) is 0 Å². The first kappa shape index (κ1) is 9.60. The van der Waals surface area contributed by atoms with Gasteiger partial charge in [-0.15, -0.1) is 0 Å². The molecule has 0 N–H and O–H groups in total. The molecule has 0 aliphatic carbocycles. The molecule has 0 saturated heterocycles. The van der Waals surface area contributed by atoms with Crippen LogP contribution < -0.4 is 0 Å². The lowest BCUT2D eigenvalue weighted by Gasteiger charge is -2.05. The van der Waals surface area contributed by atoms with Crippen molar-refractivity contribution in [3.05, 3.63) is 59.3 Å². The second-order valence-corrected chi connectivity index (χ2v) is 4.41. The zero-order valence-electron chi connectivity index (χ0n) is 8.47. The average molecular weight is 273 g/mol. The number of pyridine rings is 1. The maximum Gasteiger partial charge on any atom is 0.137 e. The smallest absolute Gasteiger partial charge is 0.137 e. The molecular weight excluding hydrogens is 264 g/mol. The number of aromatic nitrogens is 2. The van der Waals surface area contributed by atoms with Gasteiger partial charge < -0.3 is 4.57 Å². The summed E-state index contributed by atoms with van der Waals surface area (Å²) in [5.41, 5.74) is 1.15. The van der Waals surface area contributed by atoms with Crippen molar-refractivity contribution in [2.75, 3.05) is 0 Å². The third kappa shape index (κ3) is 1.44. The van der Waals surface area contributed by atoms with Gasteiger partial charge in [0, 0.05) is 22.3 Å². The van der Waals surface area contributed by atoms with Crippen LogP contribution in [0.25, 0.3) is 16.7 Å². The molecule has 0 aliphatic rings. The van der Waals surface area contributed by atoms with Crippen molar-refractivity contribution in [1.29, 1.82) is 0 Å². The molecular formula is C13H9BrN2. The van der Waals surface area contributed by atoms with Gasteiger partial charge in [-0.05, 0) is 40.2 Å². The summed E-state index contributed by atoms with van der Waals surface area (Å²) in [6.07, 6.45) is 3.84. The molecule has 0 atom stereocenters. The van der Waals surface area contributed by atoms with Crippen LogP contribution in [0.3, 0.4) is 0 Å². The zero-order chi connectivity index (χ0) is 11.0. The van der Waals surface area contributed by atoms with Crippen LogP contribution in [0.4, 0.5) is 0 Å². The molecule has 0 radical (unpaired) electrons. The lowest BCUT2D eigenvalue weighted by molar-refractivity contribution is 1.04. The van der Waals surface area contributed by atoms with Crippen molar-refractivity contribution >= 4 is 26.8 Å². The minimum atomic E-state index is 0.935. The van der Waals surface area contributed by atoms with E-state index in [-0.39, 0.29) is 0 Å². The lowest BCUT2D eigenvalue weighted by atomic mass is 10.2. The summed E-state index contributed by atoms with van der Waals surface area (Å²) >= 11 is 3.58. The Kier molecular flexibility index (Phi) is 2.26. The number of hydrogen-bond donors (Lipinski definition) is 0. The molecule has 2 nitrogen and oxygen atoms in total. The van der Waals surface area contributed by atoms with Crippen LogP contribution >= 0.6 is 15.9 Å². The van der Waals surface area contributed by atoms with Crippen molar-refractivity contribution in [2.24, 2.45) is 0 Å². The fourth-order valence-corrected chi connectivity index (χ4v) is 2.41. The van der Waals surface area contributed by atoms with E-state index in [1.807, 2.05) is 36.5 Å². The van der Waals surface area contributed by atoms with Crippen molar-refractivity contribution in [3.8, 4) is 5.82 Å². The van der Waals surface area contributed by atoms with E-state index in [4.69, 9.17) is 0 Å². The molecule has 2 heterocycles.